The molecule has 4 nitrogen and oxygen atoms in total. The van der Waals surface area contributed by atoms with E-state index in [1.165, 1.54) is 5.56 Å². The van der Waals surface area contributed by atoms with Crippen molar-refractivity contribution in [1.82, 2.24) is 15.2 Å². The number of rotatable bonds is 3. The fraction of sp³-hybridized carbons (Fsp3) is 0.438. The minimum absolute atomic E-state index is 0. The van der Waals surface area contributed by atoms with E-state index in [0.29, 0.717) is 0 Å². The number of nitrogens with zero attached hydrogens (tertiary/aromatic N) is 1. The van der Waals surface area contributed by atoms with Gasteiger partial charge >= 0.3 is 0 Å². The van der Waals surface area contributed by atoms with Crippen LogP contribution in [0.3, 0.4) is 0 Å². The van der Waals surface area contributed by atoms with Crippen LogP contribution in [0.2, 0.25) is 0 Å². The Labute approximate surface area is 131 Å². The first-order valence-corrected chi connectivity index (χ1v) is 7.34. The van der Waals surface area contributed by atoms with Crippen LogP contribution in [-0.4, -0.2) is 36.1 Å². The number of pyridine rings is 1. The molecule has 0 aliphatic carbocycles. The second-order valence-electron chi connectivity index (χ2n) is 5.43. The number of hydrogen-bond donors (Lipinski definition) is 2. The number of benzene rings is 1. The summed E-state index contributed by atoms with van der Waals surface area (Å²) in [6.45, 7) is 7.26. The van der Waals surface area contributed by atoms with Gasteiger partial charge in [0.2, 0.25) is 0 Å². The Bertz CT molecular complexity index is 662. The highest BCUT2D eigenvalue weighted by Gasteiger charge is 2.10. The minimum atomic E-state index is 0. The summed E-state index contributed by atoms with van der Waals surface area (Å²) < 4.78 is 0. The first-order valence-electron chi connectivity index (χ1n) is 7.34. The number of H-pyrrole nitrogens is 1. The van der Waals surface area contributed by atoms with Crippen LogP contribution in [0, 0.1) is 0 Å². The molecular formula is C16H22ClN3O. The molecule has 1 aliphatic heterocycles. The van der Waals surface area contributed by atoms with E-state index in [2.05, 4.69) is 33.4 Å². The molecule has 114 valence electrons. The van der Waals surface area contributed by atoms with Gasteiger partial charge in [0.25, 0.3) is 5.56 Å². The van der Waals surface area contributed by atoms with Crippen molar-refractivity contribution in [2.24, 2.45) is 0 Å². The van der Waals surface area contributed by atoms with Crippen molar-refractivity contribution in [2.45, 2.75) is 19.9 Å². The molecule has 1 aromatic carbocycles. The predicted molar refractivity (Wildman–Crippen MR) is 89.3 cm³/mol. The second-order valence-corrected chi connectivity index (χ2v) is 5.43. The lowest BCUT2D eigenvalue weighted by Gasteiger charge is -2.27. The van der Waals surface area contributed by atoms with Crippen LogP contribution in [0.4, 0.5) is 0 Å². The fourth-order valence-corrected chi connectivity index (χ4v) is 2.78. The predicted octanol–water partition coefficient (Wildman–Crippen LogP) is 1.92. The number of aryl methyl sites for hydroxylation is 1. The van der Waals surface area contributed by atoms with Gasteiger partial charge in [0.1, 0.15) is 0 Å². The smallest absolute Gasteiger partial charge is 0.251 e. The molecule has 21 heavy (non-hydrogen) atoms. The number of piperazine rings is 1. The molecule has 1 aromatic heterocycles. The SMILES string of the molecule is CCc1cc2ccc(CN3CCNCC3)cc2[nH]c1=O.Cl. The molecule has 0 amide bonds. The number of hydrogen-bond acceptors (Lipinski definition) is 3. The normalized spacial score (nSPS) is 15.9. The topological polar surface area (TPSA) is 48.1 Å². The molecule has 5 heteroatoms. The highest BCUT2D eigenvalue weighted by Crippen LogP contribution is 2.15. The third-order valence-electron chi connectivity index (χ3n) is 3.98. The molecular weight excluding hydrogens is 286 g/mol. The van der Waals surface area contributed by atoms with E-state index in [1.54, 1.807) is 0 Å². The largest absolute Gasteiger partial charge is 0.322 e. The van der Waals surface area contributed by atoms with Crippen molar-refractivity contribution >= 4 is 23.3 Å². The van der Waals surface area contributed by atoms with Crippen LogP contribution in [0.15, 0.2) is 29.1 Å². The van der Waals surface area contributed by atoms with Gasteiger partial charge in [-0.25, -0.2) is 0 Å². The standard InChI is InChI=1S/C16H21N3O.ClH/c1-2-13-10-14-4-3-12(9-15(14)18-16(13)20)11-19-7-5-17-6-8-19;/h3-4,9-10,17H,2,5-8,11H2,1H3,(H,18,20);1H. The molecule has 2 aromatic rings. The molecule has 2 N–H and O–H groups in total. The van der Waals surface area contributed by atoms with E-state index >= 15 is 0 Å². The van der Waals surface area contributed by atoms with Crippen LogP contribution in [0.5, 0.6) is 0 Å². The lowest BCUT2D eigenvalue weighted by atomic mass is 10.1. The highest BCUT2D eigenvalue weighted by molar-refractivity contribution is 5.85. The molecule has 1 saturated heterocycles. The van der Waals surface area contributed by atoms with Gasteiger partial charge in [-0.05, 0) is 29.5 Å². The maximum atomic E-state index is 11.9. The van der Waals surface area contributed by atoms with Crippen molar-refractivity contribution in [3.8, 4) is 0 Å². The lowest BCUT2D eigenvalue weighted by molar-refractivity contribution is 0.233. The molecule has 0 radical (unpaired) electrons. The average molecular weight is 308 g/mol. The van der Waals surface area contributed by atoms with Crippen LogP contribution in [-0.2, 0) is 13.0 Å². The summed E-state index contributed by atoms with van der Waals surface area (Å²) in [4.78, 5) is 17.3. The van der Waals surface area contributed by atoms with E-state index in [0.717, 1.165) is 55.6 Å². The summed E-state index contributed by atoms with van der Waals surface area (Å²) in [6, 6.07) is 8.39. The van der Waals surface area contributed by atoms with Gasteiger partial charge in [0.15, 0.2) is 0 Å². The monoisotopic (exact) mass is 307 g/mol. The molecule has 0 saturated carbocycles. The van der Waals surface area contributed by atoms with Gasteiger partial charge < -0.3 is 10.3 Å². The van der Waals surface area contributed by atoms with E-state index in [-0.39, 0.29) is 18.0 Å². The minimum Gasteiger partial charge on any atom is -0.322 e. The molecule has 0 spiro atoms. The second kappa shape index (κ2) is 7.07. The summed E-state index contributed by atoms with van der Waals surface area (Å²) in [5.74, 6) is 0. The zero-order chi connectivity index (χ0) is 13.9. The van der Waals surface area contributed by atoms with E-state index in [1.807, 2.05) is 13.0 Å². The third-order valence-corrected chi connectivity index (χ3v) is 3.98. The van der Waals surface area contributed by atoms with Crippen molar-refractivity contribution in [3.63, 3.8) is 0 Å². The Balaban J connectivity index is 0.00000161. The van der Waals surface area contributed by atoms with Crippen LogP contribution in [0.25, 0.3) is 10.9 Å². The van der Waals surface area contributed by atoms with Gasteiger partial charge in [-0.2, -0.15) is 0 Å². The Kier molecular flexibility index (Phi) is 5.39. The maximum absolute atomic E-state index is 11.9. The van der Waals surface area contributed by atoms with Crippen molar-refractivity contribution in [1.29, 1.82) is 0 Å². The van der Waals surface area contributed by atoms with Gasteiger partial charge in [0, 0.05) is 43.8 Å². The molecule has 3 rings (SSSR count). The quantitative estimate of drug-likeness (QED) is 0.911. The summed E-state index contributed by atoms with van der Waals surface area (Å²) in [6.07, 6.45) is 0.772. The Hall–Kier alpha value is -1.36. The maximum Gasteiger partial charge on any atom is 0.251 e. The van der Waals surface area contributed by atoms with Crippen molar-refractivity contribution in [2.75, 3.05) is 26.2 Å². The van der Waals surface area contributed by atoms with Gasteiger partial charge in [0.05, 0.1) is 0 Å². The number of aromatic amines is 1. The number of halogens is 1. The zero-order valence-corrected chi connectivity index (χ0v) is 13.1. The molecule has 0 atom stereocenters. The van der Waals surface area contributed by atoms with Crippen molar-refractivity contribution in [3.05, 3.63) is 45.7 Å². The van der Waals surface area contributed by atoms with Gasteiger partial charge in [-0.3, -0.25) is 9.69 Å². The summed E-state index contributed by atoms with van der Waals surface area (Å²) in [5.41, 5.74) is 3.10. The molecule has 2 heterocycles. The summed E-state index contributed by atoms with van der Waals surface area (Å²) in [7, 11) is 0. The van der Waals surface area contributed by atoms with Crippen LogP contribution in [0.1, 0.15) is 18.1 Å². The molecule has 1 aliphatic rings. The summed E-state index contributed by atoms with van der Waals surface area (Å²) >= 11 is 0. The van der Waals surface area contributed by atoms with Gasteiger partial charge in [-0.15, -0.1) is 12.4 Å². The van der Waals surface area contributed by atoms with E-state index in [4.69, 9.17) is 0 Å². The first kappa shape index (κ1) is 16.0. The lowest BCUT2D eigenvalue weighted by Crippen LogP contribution is -2.42. The average Bonchev–Trinajstić information content (AvgIpc) is 2.47. The fourth-order valence-electron chi connectivity index (χ4n) is 2.78. The van der Waals surface area contributed by atoms with Crippen LogP contribution < -0.4 is 10.9 Å². The Morgan fingerprint density at radius 1 is 1.19 bits per heavy atom. The molecule has 1 fully saturated rings. The summed E-state index contributed by atoms with van der Waals surface area (Å²) in [5, 5.41) is 4.48. The molecule has 0 unspecified atom stereocenters. The third kappa shape index (κ3) is 3.64. The van der Waals surface area contributed by atoms with Crippen LogP contribution >= 0.6 is 12.4 Å². The van der Waals surface area contributed by atoms with E-state index < -0.39 is 0 Å². The number of nitrogens with one attached hydrogen (secondary N) is 2. The first-order chi connectivity index (χ1) is 9.76. The molecule has 0 bridgehead atoms. The Morgan fingerprint density at radius 2 is 1.95 bits per heavy atom. The number of fused-ring (bicyclic) bond motifs is 1. The highest BCUT2D eigenvalue weighted by atomic mass is 35.5. The number of aromatic nitrogens is 1. The zero-order valence-electron chi connectivity index (χ0n) is 12.3. The van der Waals surface area contributed by atoms with Crippen molar-refractivity contribution < 1.29 is 0 Å². The Morgan fingerprint density at radius 3 is 2.67 bits per heavy atom. The van der Waals surface area contributed by atoms with Gasteiger partial charge in [-0.1, -0.05) is 19.1 Å². The van der Waals surface area contributed by atoms with E-state index in [9.17, 15) is 4.79 Å².